The molecule has 1 amide bonds. The normalized spacial score (nSPS) is 10.2. The van der Waals surface area contributed by atoms with E-state index in [0.717, 1.165) is 5.75 Å². The Hall–Kier alpha value is -3.92. The van der Waals surface area contributed by atoms with Gasteiger partial charge in [0.2, 0.25) is 5.95 Å². The lowest BCUT2D eigenvalue weighted by Crippen LogP contribution is -2.13. The van der Waals surface area contributed by atoms with Gasteiger partial charge in [-0.05, 0) is 56.3 Å². The highest BCUT2D eigenvalue weighted by molar-refractivity contribution is 6.03. The van der Waals surface area contributed by atoms with Gasteiger partial charge in [0.15, 0.2) is 0 Å². The van der Waals surface area contributed by atoms with Crippen LogP contribution < -0.4 is 15.4 Å². The van der Waals surface area contributed by atoms with Gasteiger partial charge >= 0.3 is 0 Å². The van der Waals surface area contributed by atoms with Gasteiger partial charge in [-0.2, -0.15) is 5.26 Å². The van der Waals surface area contributed by atoms with Crippen molar-refractivity contribution in [1.29, 1.82) is 5.26 Å². The van der Waals surface area contributed by atoms with Gasteiger partial charge < -0.3 is 15.4 Å². The molecule has 0 aliphatic carbocycles. The average Bonchev–Trinajstić information content (AvgIpc) is 2.70. The largest absolute Gasteiger partial charge is 0.491 e. The third-order valence-corrected chi connectivity index (χ3v) is 3.65. The summed E-state index contributed by atoms with van der Waals surface area (Å²) in [5, 5.41) is 14.7. The first-order valence-corrected chi connectivity index (χ1v) is 8.71. The maximum absolute atomic E-state index is 12.4. The van der Waals surface area contributed by atoms with Crippen LogP contribution in [0.3, 0.4) is 0 Å². The monoisotopic (exact) mass is 373 g/mol. The smallest absolute Gasteiger partial charge is 0.258 e. The summed E-state index contributed by atoms with van der Waals surface area (Å²) in [6, 6.07) is 16.2. The molecule has 7 heteroatoms. The predicted octanol–water partition coefficient (Wildman–Crippen LogP) is 4.13. The molecule has 2 aromatic carbocycles. The molecule has 7 nitrogen and oxygen atoms in total. The number of benzene rings is 2. The van der Waals surface area contributed by atoms with E-state index in [4.69, 9.17) is 10.00 Å². The molecule has 0 spiro atoms. The summed E-state index contributed by atoms with van der Waals surface area (Å²) in [6.45, 7) is 3.91. The number of nitriles is 1. The Bertz CT molecular complexity index is 993. The molecule has 0 saturated heterocycles. The molecule has 3 aromatic rings. The first-order valence-electron chi connectivity index (χ1n) is 8.71. The van der Waals surface area contributed by atoms with Crippen molar-refractivity contribution in [3.8, 4) is 11.8 Å². The molecule has 0 aliphatic rings. The molecular weight excluding hydrogens is 354 g/mol. The topological polar surface area (TPSA) is 99.9 Å². The Morgan fingerprint density at radius 2 is 1.79 bits per heavy atom. The van der Waals surface area contributed by atoms with Gasteiger partial charge in [0.1, 0.15) is 5.75 Å². The summed E-state index contributed by atoms with van der Waals surface area (Å²) < 4.78 is 5.58. The number of carbonyl (C=O) groups excluding carboxylic acids is 1. The zero-order valence-electron chi connectivity index (χ0n) is 15.5. The first-order chi connectivity index (χ1) is 13.5. The number of nitrogens with zero attached hydrogens (tertiary/aromatic N) is 3. The Morgan fingerprint density at radius 1 is 1.07 bits per heavy atom. The zero-order valence-corrected chi connectivity index (χ0v) is 15.5. The van der Waals surface area contributed by atoms with E-state index >= 15 is 0 Å². The van der Waals surface area contributed by atoms with E-state index in [-0.39, 0.29) is 12.0 Å². The maximum Gasteiger partial charge on any atom is 0.258 e. The fraction of sp³-hybridized carbons (Fsp3) is 0.143. The van der Waals surface area contributed by atoms with E-state index < -0.39 is 0 Å². The number of hydrogen-bond donors (Lipinski definition) is 2. The van der Waals surface area contributed by atoms with Crippen molar-refractivity contribution in [3.63, 3.8) is 0 Å². The van der Waals surface area contributed by atoms with Crippen LogP contribution in [0.4, 0.5) is 17.3 Å². The number of nitrogens with one attached hydrogen (secondary N) is 2. The van der Waals surface area contributed by atoms with Crippen LogP contribution >= 0.6 is 0 Å². The minimum absolute atomic E-state index is 0.0899. The molecule has 0 fully saturated rings. The fourth-order valence-electron chi connectivity index (χ4n) is 2.40. The highest BCUT2D eigenvalue weighted by Gasteiger charge is 2.08. The Morgan fingerprint density at radius 3 is 2.43 bits per heavy atom. The number of ether oxygens (including phenoxy) is 1. The molecule has 0 unspecified atom stereocenters. The standard InChI is InChI=1S/C21H19N5O2/c1-14(2)28-19-8-6-17(7-9-19)25-20(27)16-12-23-21(24-13-16)26-18-5-3-4-15(10-18)11-22/h3-10,12-14H,1-2H3,(H,25,27)(H,23,24,26). The van der Waals surface area contributed by atoms with Crippen LogP contribution in [0.15, 0.2) is 60.9 Å². The number of aromatic nitrogens is 2. The van der Waals surface area contributed by atoms with Gasteiger partial charge in [0.05, 0.1) is 23.3 Å². The lowest BCUT2D eigenvalue weighted by Gasteiger charge is -2.10. The summed E-state index contributed by atoms with van der Waals surface area (Å²) in [6.07, 6.45) is 2.97. The van der Waals surface area contributed by atoms with Crippen LogP contribution in [-0.2, 0) is 0 Å². The maximum atomic E-state index is 12.4. The third-order valence-electron chi connectivity index (χ3n) is 3.65. The minimum atomic E-state index is -0.310. The first kappa shape index (κ1) is 18.9. The number of carbonyl (C=O) groups is 1. The van der Waals surface area contributed by atoms with Gasteiger partial charge in [-0.1, -0.05) is 6.07 Å². The van der Waals surface area contributed by atoms with Crippen molar-refractivity contribution < 1.29 is 9.53 Å². The number of hydrogen-bond acceptors (Lipinski definition) is 6. The molecule has 1 heterocycles. The van der Waals surface area contributed by atoms with E-state index in [0.29, 0.717) is 28.5 Å². The molecule has 3 rings (SSSR count). The second-order valence-corrected chi connectivity index (χ2v) is 6.26. The lowest BCUT2D eigenvalue weighted by molar-refractivity contribution is 0.102. The van der Waals surface area contributed by atoms with Crippen LogP contribution in [0.1, 0.15) is 29.8 Å². The summed E-state index contributed by atoms with van der Waals surface area (Å²) in [7, 11) is 0. The molecular formula is C21H19N5O2. The van der Waals surface area contributed by atoms with Crippen molar-refractivity contribution >= 4 is 23.2 Å². The van der Waals surface area contributed by atoms with Crippen LogP contribution in [-0.4, -0.2) is 22.0 Å². The molecule has 2 N–H and O–H groups in total. The van der Waals surface area contributed by atoms with Gasteiger partial charge in [-0.15, -0.1) is 0 Å². The van der Waals surface area contributed by atoms with Crippen LogP contribution in [0.5, 0.6) is 5.75 Å². The Labute approximate surface area is 163 Å². The summed E-state index contributed by atoms with van der Waals surface area (Å²) in [4.78, 5) is 20.7. The van der Waals surface area contributed by atoms with E-state index in [1.54, 1.807) is 48.5 Å². The second-order valence-electron chi connectivity index (χ2n) is 6.26. The molecule has 0 saturated carbocycles. The van der Waals surface area contributed by atoms with E-state index in [1.165, 1.54) is 12.4 Å². The average molecular weight is 373 g/mol. The molecule has 1 aromatic heterocycles. The zero-order chi connectivity index (χ0) is 19.9. The third kappa shape index (κ3) is 5.05. The Kier molecular flexibility index (Phi) is 5.82. The van der Waals surface area contributed by atoms with Gasteiger partial charge in [-0.25, -0.2) is 9.97 Å². The molecule has 0 bridgehead atoms. The summed E-state index contributed by atoms with van der Waals surface area (Å²) >= 11 is 0. The molecule has 0 atom stereocenters. The highest BCUT2D eigenvalue weighted by atomic mass is 16.5. The quantitative estimate of drug-likeness (QED) is 0.674. The van der Waals surface area contributed by atoms with E-state index in [9.17, 15) is 4.79 Å². The summed E-state index contributed by atoms with van der Waals surface area (Å²) in [5.41, 5.74) is 2.21. The van der Waals surface area contributed by atoms with Crippen molar-refractivity contribution in [3.05, 3.63) is 72.1 Å². The van der Waals surface area contributed by atoms with Gasteiger partial charge in [-0.3, -0.25) is 4.79 Å². The van der Waals surface area contributed by atoms with E-state index in [1.807, 2.05) is 13.8 Å². The SMILES string of the molecule is CC(C)Oc1ccc(NC(=O)c2cnc(Nc3cccc(C#N)c3)nc2)cc1. The van der Waals surface area contributed by atoms with Gasteiger partial charge in [0, 0.05) is 23.8 Å². The van der Waals surface area contributed by atoms with Gasteiger partial charge in [0.25, 0.3) is 5.91 Å². The lowest BCUT2D eigenvalue weighted by atomic mass is 10.2. The molecule has 0 radical (unpaired) electrons. The molecule has 0 aliphatic heterocycles. The predicted molar refractivity (Wildman–Crippen MR) is 107 cm³/mol. The van der Waals surface area contributed by atoms with Crippen LogP contribution in [0.25, 0.3) is 0 Å². The van der Waals surface area contributed by atoms with Crippen molar-refractivity contribution in [2.24, 2.45) is 0 Å². The molecule has 28 heavy (non-hydrogen) atoms. The Balaban J connectivity index is 1.62. The number of anilines is 3. The van der Waals surface area contributed by atoms with Crippen molar-refractivity contribution in [2.75, 3.05) is 10.6 Å². The van der Waals surface area contributed by atoms with Crippen molar-refractivity contribution in [2.45, 2.75) is 20.0 Å². The van der Waals surface area contributed by atoms with Crippen molar-refractivity contribution in [1.82, 2.24) is 9.97 Å². The minimum Gasteiger partial charge on any atom is -0.491 e. The van der Waals surface area contributed by atoms with Crippen LogP contribution in [0, 0.1) is 11.3 Å². The summed E-state index contributed by atoms with van der Waals surface area (Å²) in [5.74, 6) is 0.768. The van der Waals surface area contributed by atoms with Crippen LogP contribution in [0.2, 0.25) is 0 Å². The number of rotatable bonds is 6. The fourth-order valence-corrected chi connectivity index (χ4v) is 2.40. The highest BCUT2D eigenvalue weighted by Crippen LogP contribution is 2.18. The van der Waals surface area contributed by atoms with E-state index in [2.05, 4.69) is 26.7 Å². The second kappa shape index (κ2) is 8.64. The molecule has 140 valence electrons. The number of amides is 1.